The van der Waals surface area contributed by atoms with Crippen molar-refractivity contribution in [3.05, 3.63) is 72.8 Å². The molecule has 1 aliphatic heterocycles. The van der Waals surface area contributed by atoms with Gasteiger partial charge in [0.05, 0.1) is 24.2 Å². The van der Waals surface area contributed by atoms with E-state index in [-0.39, 0.29) is 11.4 Å². The van der Waals surface area contributed by atoms with E-state index in [9.17, 15) is 4.79 Å². The van der Waals surface area contributed by atoms with Gasteiger partial charge in [-0.05, 0) is 48.1 Å². The van der Waals surface area contributed by atoms with Gasteiger partial charge in [-0.15, -0.1) is 0 Å². The Morgan fingerprint density at radius 1 is 0.900 bits per heavy atom. The SMILES string of the molecule is COc1ccc(C(C)(C)C)cc1NC(=O)Nc1ccc(-n2cnc3c(N4CCCC4)ncnc32)c2ccccc12. The minimum absolute atomic E-state index is 0.0666. The quantitative estimate of drug-likeness (QED) is 0.266. The molecular formula is C31H33N7O2. The molecule has 0 saturated carbocycles. The fraction of sp³-hybridized carbons (Fsp3) is 0.290. The Morgan fingerprint density at radius 3 is 2.40 bits per heavy atom. The average molecular weight is 536 g/mol. The first-order chi connectivity index (χ1) is 19.3. The first-order valence-electron chi connectivity index (χ1n) is 13.5. The number of imidazole rings is 1. The number of methoxy groups -OCH3 is 1. The summed E-state index contributed by atoms with van der Waals surface area (Å²) in [5.74, 6) is 1.48. The molecule has 6 rings (SSSR count). The van der Waals surface area contributed by atoms with Crippen LogP contribution in [0.5, 0.6) is 5.75 Å². The number of fused-ring (bicyclic) bond motifs is 2. The lowest BCUT2D eigenvalue weighted by Crippen LogP contribution is -2.21. The van der Waals surface area contributed by atoms with E-state index >= 15 is 0 Å². The highest BCUT2D eigenvalue weighted by Crippen LogP contribution is 2.34. The number of nitrogens with zero attached hydrogens (tertiary/aromatic N) is 5. The summed E-state index contributed by atoms with van der Waals surface area (Å²) in [6, 6.07) is 17.4. The molecule has 0 unspecified atom stereocenters. The van der Waals surface area contributed by atoms with Crippen LogP contribution >= 0.6 is 0 Å². The number of nitrogens with one attached hydrogen (secondary N) is 2. The molecule has 3 heterocycles. The molecule has 3 aromatic carbocycles. The van der Waals surface area contributed by atoms with Crippen molar-refractivity contribution in [3.8, 4) is 11.4 Å². The lowest BCUT2D eigenvalue weighted by molar-refractivity contribution is 0.262. The highest BCUT2D eigenvalue weighted by atomic mass is 16.5. The third-order valence-corrected chi connectivity index (χ3v) is 7.44. The predicted octanol–water partition coefficient (Wildman–Crippen LogP) is 6.52. The van der Waals surface area contributed by atoms with E-state index in [2.05, 4.69) is 46.3 Å². The van der Waals surface area contributed by atoms with Gasteiger partial charge in [-0.3, -0.25) is 4.57 Å². The van der Waals surface area contributed by atoms with Crippen molar-refractivity contribution in [2.45, 2.75) is 39.0 Å². The molecule has 2 N–H and O–H groups in total. The number of rotatable bonds is 5. The number of urea groups is 1. The van der Waals surface area contributed by atoms with Gasteiger partial charge in [0.2, 0.25) is 0 Å². The number of anilines is 3. The van der Waals surface area contributed by atoms with Crippen LogP contribution in [0.15, 0.2) is 67.3 Å². The first-order valence-corrected chi connectivity index (χ1v) is 13.5. The Kier molecular flexibility index (Phi) is 6.50. The van der Waals surface area contributed by atoms with Crippen LogP contribution < -0.4 is 20.3 Å². The van der Waals surface area contributed by atoms with Crippen molar-refractivity contribution in [2.75, 3.05) is 35.7 Å². The van der Waals surface area contributed by atoms with Gasteiger partial charge in [0, 0.05) is 23.9 Å². The number of ether oxygens (including phenoxy) is 1. The second-order valence-corrected chi connectivity index (χ2v) is 11.1. The maximum absolute atomic E-state index is 13.2. The average Bonchev–Trinajstić information content (AvgIpc) is 3.63. The number of carbonyl (C=O) groups excluding carboxylic acids is 1. The third kappa shape index (κ3) is 4.68. The molecule has 5 aromatic rings. The number of benzene rings is 3. The second kappa shape index (κ2) is 10.1. The zero-order valence-corrected chi connectivity index (χ0v) is 23.2. The lowest BCUT2D eigenvalue weighted by atomic mass is 9.87. The summed E-state index contributed by atoms with van der Waals surface area (Å²) < 4.78 is 7.49. The van der Waals surface area contributed by atoms with Gasteiger partial charge >= 0.3 is 6.03 Å². The summed E-state index contributed by atoms with van der Waals surface area (Å²) in [6.07, 6.45) is 5.73. The fourth-order valence-electron chi connectivity index (χ4n) is 5.31. The molecule has 204 valence electrons. The Morgan fingerprint density at radius 2 is 1.65 bits per heavy atom. The first kappa shape index (κ1) is 25.6. The van der Waals surface area contributed by atoms with E-state index in [1.165, 1.54) is 0 Å². The highest BCUT2D eigenvalue weighted by molar-refractivity contribution is 6.08. The number of carbonyl (C=O) groups is 1. The Balaban J connectivity index is 1.33. The molecule has 0 spiro atoms. The van der Waals surface area contributed by atoms with E-state index in [1.807, 2.05) is 59.2 Å². The maximum atomic E-state index is 13.2. The summed E-state index contributed by atoms with van der Waals surface area (Å²) in [7, 11) is 1.60. The number of aromatic nitrogens is 4. The van der Waals surface area contributed by atoms with Gasteiger partial charge in [0.25, 0.3) is 0 Å². The summed E-state index contributed by atoms with van der Waals surface area (Å²) in [5.41, 5.74) is 4.82. The summed E-state index contributed by atoms with van der Waals surface area (Å²) in [5, 5.41) is 7.88. The van der Waals surface area contributed by atoms with Gasteiger partial charge in [-0.1, -0.05) is 51.1 Å². The molecule has 9 heteroatoms. The molecular weight excluding hydrogens is 502 g/mol. The fourth-order valence-corrected chi connectivity index (χ4v) is 5.31. The molecule has 40 heavy (non-hydrogen) atoms. The van der Waals surface area contributed by atoms with Crippen LogP contribution in [-0.4, -0.2) is 45.7 Å². The Bertz CT molecular complexity index is 1710. The minimum atomic E-state index is -0.349. The van der Waals surface area contributed by atoms with Crippen LogP contribution in [0.2, 0.25) is 0 Å². The van der Waals surface area contributed by atoms with Crippen LogP contribution in [-0.2, 0) is 5.41 Å². The van der Waals surface area contributed by atoms with Gasteiger partial charge in [-0.2, -0.15) is 0 Å². The number of amides is 2. The van der Waals surface area contributed by atoms with Crippen LogP contribution in [0.3, 0.4) is 0 Å². The van der Waals surface area contributed by atoms with E-state index in [1.54, 1.807) is 19.8 Å². The highest BCUT2D eigenvalue weighted by Gasteiger charge is 2.21. The van der Waals surface area contributed by atoms with Crippen molar-refractivity contribution in [1.29, 1.82) is 0 Å². The van der Waals surface area contributed by atoms with Crippen LogP contribution in [0.4, 0.5) is 22.0 Å². The maximum Gasteiger partial charge on any atom is 0.323 e. The van der Waals surface area contributed by atoms with E-state index < -0.39 is 0 Å². The molecule has 1 saturated heterocycles. The molecule has 0 bridgehead atoms. The topological polar surface area (TPSA) is 97.2 Å². The number of hydrogen-bond acceptors (Lipinski definition) is 6. The standard InChI is InChI=1S/C31H33N7O2/c1-31(2,3)20-11-14-26(40-4)24(17-20)36-30(39)35-23-12-13-25(22-10-6-5-9-21(22)23)38-19-34-27-28(32-18-33-29(27)38)37-15-7-8-16-37/h5-6,9-14,17-19H,7-8,15-16H2,1-4H3,(H2,35,36,39). The minimum Gasteiger partial charge on any atom is -0.495 e. The van der Waals surface area contributed by atoms with Crippen molar-refractivity contribution in [1.82, 2.24) is 19.5 Å². The molecule has 1 aliphatic rings. The van der Waals surface area contributed by atoms with Gasteiger partial charge in [0.1, 0.15) is 18.4 Å². The molecule has 0 atom stereocenters. The molecule has 1 fully saturated rings. The van der Waals surface area contributed by atoms with Crippen LogP contribution in [0.1, 0.15) is 39.2 Å². The van der Waals surface area contributed by atoms with Gasteiger partial charge < -0.3 is 20.3 Å². The predicted molar refractivity (Wildman–Crippen MR) is 160 cm³/mol. The second-order valence-electron chi connectivity index (χ2n) is 11.1. The summed E-state index contributed by atoms with van der Waals surface area (Å²) in [4.78, 5) is 29.3. The largest absolute Gasteiger partial charge is 0.495 e. The van der Waals surface area contributed by atoms with Gasteiger partial charge in [0.15, 0.2) is 17.0 Å². The van der Waals surface area contributed by atoms with Crippen molar-refractivity contribution in [3.63, 3.8) is 0 Å². The molecule has 0 radical (unpaired) electrons. The van der Waals surface area contributed by atoms with E-state index in [4.69, 9.17) is 9.72 Å². The smallest absolute Gasteiger partial charge is 0.323 e. The molecule has 2 aromatic heterocycles. The zero-order valence-electron chi connectivity index (χ0n) is 23.2. The number of hydrogen-bond donors (Lipinski definition) is 2. The van der Waals surface area contributed by atoms with Crippen LogP contribution in [0.25, 0.3) is 27.6 Å². The summed E-state index contributed by atoms with van der Waals surface area (Å²) >= 11 is 0. The molecule has 0 aliphatic carbocycles. The molecule has 9 nitrogen and oxygen atoms in total. The Labute approximate surface area is 233 Å². The van der Waals surface area contributed by atoms with Crippen molar-refractivity contribution in [2.24, 2.45) is 0 Å². The monoisotopic (exact) mass is 535 g/mol. The normalized spacial score (nSPS) is 13.7. The lowest BCUT2D eigenvalue weighted by Gasteiger charge is -2.21. The Hall–Kier alpha value is -4.66. The van der Waals surface area contributed by atoms with Crippen molar-refractivity contribution >= 4 is 45.2 Å². The molecule has 2 amide bonds. The summed E-state index contributed by atoms with van der Waals surface area (Å²) in [6.45, 7) is 8.37. The van der Waals surface area contributed by atoms with Crippen LogP contribution in [0, 0.1) is 0 Å². The van der Waals surface area contributed by atoms with E-state index in [0.29, 0.717) is 17.1 Å². The van der Waals surface area contributed by atoms with Gasteiger partial charge in [-0.25, -0.2) is 19.7 Å². The van der Waals surface area contributed by atoms with E-state index in [0.717, 1.165) is 64.9 Å². The zero-order chi connectivity index (χ0) is 27.9. The third-order valence-electron chi connectivity index (χ3n) is 7.44. The van der Waals surface area contributed by atoms with Crippen molar-refractivity contribution < 1.29 is 9.53 Å².